The first-order chi connectivity index (χ1) is 7.58. The van der Waals surface area contributed by atoms with Crippen LogP contribution in [0.5, 0.6) is 0 Å². The molecule has 1 aromatic rings. The summed E-state index contributed by atoms with van der Waals surface area (Å²) in [7, 11) is 0. The van der Waals surface area contributed by atoms with Gasteiger partial charge in [0, 0.05) is 24.5 Å². The monoisotopic (exact) mass is 225 g/mol. The van der Waals surface area contributed by atoms with Gasteiger partial charge in [0.1, 0.15) is 6.54 Å². The lowest BCUT2D eigenvalue weighted by molar-refractivity contribution is -0.148. The molecule has 0 aliphatic carbocycles. The number of pyridine rings is 1. The molecule has 1 aromatic heterocycles. The maximum Gasteiger partial charge on any atom is 0.326 e. The number of nitrogens with zero attached hydrogens (tertiary/aromatic N) is 1. The summed E-state index contributed by atoms with van der Waals surface area (Å²) in [6.07, 6.45) is 3.01. The summed E-state index contributed by atoms with van der Waals surface area (Å²) in [6, 6.07) is 2.81. The van der Waals surface area contributed by atoms with E-state index in [1.54, 1.807) is 30.8 Å². The normalized spacial score (nSPS) is 9.31. The topological polar surface area (TPSA) is 48.3 Å². The third kappa shape index (κ3) is 6.01. The van der Waals surface area contributed by atoms with Gasteiger partial charge in [-0.05, 0) is 13.8 Å². The summed E-state index contributed by atoms with van der Waals surface area (Å²) < 4.78 is 6.55. The lowest BCUT2D eigenvalue weighted by atomic mass is 10.4. The SMILES string of the molecule is CC.CC(C)OC(=O)Cn1ccc(=O)cc1. The van der Waals surface area contributed by atoms with E-state index >= 15 is 0 Å². The molecular formula is C12H19NO3. The number of carbonyl (C=O) groups is 1. The average molecular weight is 225 g/mol. The van der Waals surface area contributed by atoms with Crippen LogP contribution >= 0.6 is 0 Å². The maximum atomic E-state index is 11.2. The van der Waals surface area contributed by atoms with Crippen molar-refractivity contribution in [1.29, 1.82) is 0 Å². The summed E-state index contributed by atoms with van der Waals surface area (Å²) >= 11 is 0. The second kappa shape index (κ2) is 7.68. The molecule has 0 saturated heterocycles. The van der Waals surface area contributed by atoms with Gasteiger partial charge in [0.05, 0.1) is 6.10 Å². The molecule has 0 spiro atoms. The fourth-order valence-corrected chi connectivity index (χ4v) is 0.998. The standard InChI is InChI=1S/C10H13NO3.C2H6/c1-8(2)14-10(13)7-11-5-3-9(12)4-6-11;1-2/h3-6,8H,7H2,1-2H3;1-2H3. The van der Waals surface area contributed by atoms with E-state index in [1.807, 2.05) is 13.8 Å². The molecule has 1 rings (SSSR count). The Morgan fingerprint density at radius 1 is 1.31 bits per heavy atom. The van der Waals surface area contributed by atoms with E-state index in [-0.39, 0.29) is 24.0 Å². The first-order valence-corrected chi connectivity index (χ1v) is 5.43. The largest absolute Gasteiger partial charge is 0.462 e. The fraction of sp³-hybridized carbons (Fsp3) is 0.500. The zero-order valence-electron chi connectivity index (χ0n) is 10.3. The first-order valence-electron chi connectivity index (χ1n) is 5.43. The number of esters is 1. The summed E-state index contributed by atoms with van der Waals surface area (Å²) in [6.45, 7) is 7.73. The van der Waals surface area contributed by atoms with Crippen LogP contribution in [0.15, 0.2) is 29.3 Å². The van der Waals surface area contributed by atoms with E-state index in [4.69, 9.17) is 4.74 Å². The maximum absolute atomic E-state index is 11.2. The van der Waals surface area contributed by atoms with Crippen molar-refractivity contribution in [3.05, 3.63) is 34.7 Å². The third-order valence-electron chi connectivity index (χ3n) is 1.54. The highest BCUT2D eigenvalue weighted by Gasteiger charge is 2.04. The molecule has 0 bridgehead atoms. The molecule has 0 fully saturated rings. The summed E-state index contributed by atoms with van der Waals surface area (Å²) in [4.78, 5) is 21.9. The molecule has 0 aliphatic rings. The van der Waals surface area contributed by atoms with Crippen molar-refractivity contribution < 1.29 is 9.53 Å². The molecule has 4 nitrogen and oxygen atoms in total. The molecular weight excluding hydrogens is 206 g/mol. The van der Waals surface area contributed by atoms with Gasteiger partial charge in [-0.3, -0.25) is 9.59 Å². The lowest BCUT2D eigenvalue weighted by Gasteiger charge is -2.09. The quantitative estimate of drug-likeness (QED) is 0.737. The minimum absolute atomic E-state index is 0.0709. The number of ether oxygens (including phenoxy) is 1. The Balaban J connectivity index is 0.00000106. The van der Waals surface area contributed by atoms with Gasteiger partial charge in [-0.2, -0.15) is 0 Å². The predicted octanol–water partition coefficient (Wildman–Crippen LogP) is 1.83. The molecule has 4 heteroatoms. The van der Waals surface area contributed by atoms with Crippen LogP contribution in [0.4, 0.5) is 0 Å². The predicted molar refractivity (Wildman–Crippen MR) is 63.3 cm³/mol. The Morgan fingerprint density at radius 3 is 2.25 bits per heavy atom. The molecule has 0 amide bonds. The van der Waals surface area contributed by atoms with Crippen LogP contribution in [0.1, 0.15) is 27.7 Å². The van der Waals surface area contributed by atoms with Gasteiger partial charge in [0.15, 0.2) is 5.43 Å². The Hall–Kier alpha value is -1.58. The molecule has 0 saturated carbocycles. The van der Waals surface area contributed by atoms with Crippen molar-refractivity contribution in [2.75, 3.05) is 0 Å². The van der Waals surface area contributed by atoms with Gasteiger partial charge in [0.2, 0.25) is 0 Å². The Morgan fingerprint density at radius 2 is 1.81 bits per heavy atom. The van der Waals surface area contributed by atoms with E-state index in [0.717, 1.165) is 0 Å². The molecule has 0 radical (unpaired) electrons. The van der Waals surface area contributed by atoms with Crippen LogP contribution in [0.25, 0.3) is 0 Å². The van der Waals surface area contributed by atoms with Crippen molar-refractivity contribution in [3.63, 3.8) is 0 Å². The molecule has 0 unspecified atom stereocenters. The summed E-state index contributed by atoms with van der Waals surface area (Å²) in [5.41, 5.74) is -0.0709. The highest BCUT2D eigenvalue weighted by atomic mass is 16.5. The third-order valence-corrected chi connectivity index (χ3v) is 1.54. The van der Waals surface area contributed by atoms with Crippen LogP contribution in [0, 0.1) is 0 Å². The Kier molecular flexibility index (Phi) is 6.92. The van der Waals surface area contributed by atoms with Gasteiger partial charge in [0.25, 0.3) is 0 Å². The molecule has 0 aliphatic heterocycles. The van der Waals surface area contributed by atoms with Crippen LogP contribution in [0.2, 0.25) is 0 Å². The van der Waals surface area contributed by atoms with E-state index in [1.165, 1.54) is 12.1 Å². The zero-order chi connectivity index (χ0) is 12.6. The number of rotatable bonds is 3. The molecule has 1 heterocycles. The zero-order valence-corrected chi connectivity index (χ0v) is 10.3. The van der Waals surface area contributed by atoms with Crippen LogP contribution in [-0.2, 0) is 16.1 Å². The van der Waals surface area contributed by atoms with Gasteiger partial charge in [-0.25, -0.2) is 0 Å². The van der Waals surface area contributed by atoms with E-state index < -0.39 is 0 Å². The van der Waals surface area contributed by atoms with Crippen molar-refractivity contribution in [2.45, 2.75) is 40.3 Å². The van der Waals surface area contributed by atoms with Gasteiger partial charge in [-0.15, -0.1) is 0 Å². The van der Waals surface area contributed by atoms with Gasteiger partial charge >= 0.3 is 5.97 Å². The second-order valence-corrected chi connectivity index (χ2v) is 3.24. The number of aromatic nitrogens is 1. The smallest absolute Gasteiger partial charge is 0.326 e. The average Bonchev–Trinajstić information content (AvgIpc) is 2.23. The number of carbonyl (C=O) groups excluding carboxylic acids is 1. The highest BCUT2D eigenvalue weighted by Crippen LogP contribution is 1.92. The van der Waals surface area contributed by atoms with Crippen molar-refractivity contribution in [1.82, 2.24) is 4.57 Å². The Bertz CT molecular complexity index is 348. The minimum Gasteiger partial charge on any atom is -0.462 e. The molecule has 0 atom stereocenters. The Labute approximate surface area is 95.9 Å². The van der Waals surface area contributed by atoms with Crippen molar-refractivity contribution in [3.8, 4) is 0 Å². The van der Waals surface area contributed by atoms with Gasteiger partial charge in [-0.1, -0.05) is 13.8 Å². The minimum atomic E-state index is -0.302. The first kappa shape index (κ1) is 14.4. The number of hydrogen-bond donors (Lipinski definition) is 0. The molecule has 16 heavy (non-hydrogen) atoms. The van der Waals surface area contributed by atoms with Crippen LogP contribution < -0.4 is 5.43 Å². The summed E-state index contributed by atoms with van der Waals surface area (Å²) in [5.74, 6) is -0.302. The number of hydrogen-bond acceptors (Lipinski definition) is 3. The van der Waals surface area contributed by atoms with Gasteiger partial charge < -0.3 is 9.30 Å². The van der Waals surface area contributed by atoms with Crippen molar-refractivity contribution >= 4 is 5.97 Å². The summed E-state index contributed by atoms with van der Waals surface area (Å²) in [5, 5.41) is 0. The lowest BCUT2D eigenvalue weighted by Crippen LogP contribution is -2.18. The van der Waals surface area contributed by atoms with E-state index in [2.05, 4.69) is 0 Å². The van der Waals surface area contributed by atoms with Crippen LogP contribution in [-0.4, -0.2) is 16.6 Å². The fourth-order valence-electron chi connectivity index (χ4n) is 0.998. The van der Waals surface area contributed by atoms with Crippen molar-refractivity contribution in [2.24, 2.45) is 0 Å². The second-order valence-electron chi connectivity index (χ2n) is 3.24. The van der Waals surface area contributed by atoms with E-state index in [0.29, 0.717) is 0 Å². The van der Waals surface area contributed by atoms with Crippen LogP contribution in [0.3, 0.4) is 0 Å². The molecule has 90 valence electrons. The molecule has 0 N–H and O–H groups in total. The molecule has 0 aromatic carbocycles. The highest BCUT2D eigenvalue weighted by molar-refractivity contribution is 5.69. The van der Waals surface area contributed by atoms with E-state index in [9.17, 15) is 9.59 Å².